The third-order valence-electron chi connectivity index (χ3n) is 2.01. The summed E-state index contributed by atoms with van der Waals surface area (Å²) in [7, 11) is 1.64. The Kier molecular flexibility index (Phi) is 5.48. The lowest BCUT2D eigenvalue weighted by Gasteiger charge is -2.09. The zero-order chi connectivity index (χ0) is 11.1. The summed E-state index contributed by atoms with van der Waals surface area (Å²) in [6, 6.07) is 9.91. The number of carbonyl (C=O) groups excluding carboxylic acids is 1. The molecule has 0 aromatic heterocycles. The van der Waals surface area contributed by atoms with Gasteiger partial charge < -0.3 is 9.05 Å². The molecule has 0 spiro atoms. The van der Waals surface area contributed by atoms with Crippen LogP contribution in [-0.2, 0) is 20.3 Å². The molecule has 0 radical (unpaired) electrons. The fourth-order valence-electron chi connectivity index (χ4n) is 1.27. The summed E-state index contributed by atoms with van der Waals surface area (Å²) < 4.78 is 9.89. The number of benzene rings is 1. The van der Waals surface area contributed by atoms with Gasteiger partial charge in [-0.15, -0.1) is 0 Å². The van der Waals surface area contributed by atoms with Crippen LogP contribution < -0.4 is 0 Å². The van der Waals surface area contributed by atoms with Gasteiger partial charge in [0.25, 0.3) is 0 Å². The molecule has 0 amide bonds. The second-order valence-electron chi connectivity index (χ2n) is 3.00. The van der Waals surface area contributed by atoms with E-state index >= 15 is 0 Å². The van der Waals surface area contributed by atoms with E-state index in [1.54, 1.807) is 0 Å². The zero-order valence-corrected chi connectivity index (χ0v) is 9.87. The van der Waals surface area contributed by atoms with Gasteiger partial charge in [0.05, 0.1) is 0 Å². The van der Waals surface area contributed by atoms with Crippen molar-refractivity contribution in [2.24, 2.45) is 0 Å². The van der Waals surface area contributed by atoms with Crippen molar-refractivity contribution in [3.8, 4) is 0 Å². The number of rotatable bonds is 6. The van der Waals surface area contributed by atoms with Crippen molar-refractivity contribution in [1.29, 1.82) is 0 Å². The van der Waals surface area contributed by atoms with E-state index in [9.17, 15) is 4.79 Å². The van der Waals surface area contributed by atoms with Crippen molar-refractivity contribution in [1.82, 2.24) is 0 Å². The minimum absolute atomic E-state index is 0.0406. The molecular weight excluding hydrogens is 211 g/mol. The van der Waals surface area contributed by atoms with Crippen LogP contribution in [0.5, 0.6) is 0 Å². The van der Waals surface area contributed by atoms with Crippen molar-refractivity contribution >= 4 is 13.9 Å². The second-order valence-corrected chi connectivity index (χ2v) is 4.74. The lowest BCUT2D eigenvalue weighted by molar-refractivity contribution is -0.112. The highest BCUT2D eigenvalue weighted by Gasteiger charge is 2.17. The molecule has 1 aromatic carbocycles. The van der Waals surface area contributed by atoms with Crippen LogP contribution in [0.25, 0.3) is 0 Å². The van der Waals surface area contributed by atoms with Crippen LogP contribution in [0.15, 0.2) is 30.3 Å². The molecule has 1 aromatic rings. The van der Waals surface area contributed by atoms with Gasteiger partial charge in [0.2, 0.25) is 13.9 Å². The van der Waals surface area contributed by atoms with Crippen LogP contribution in [0.4, 0.5) is 0 Å². The highest BCUT2D eigenvalue weighted by Crippen LogP contribution is 2.38. The molecule has 0 aliphatic rings. The molecule has 0 N–H and O–H groups in total. The van der Waals surface area contributed by atoms with Gasteiger partial charge in [-0.2, -0.15) is 0 Å². The lowest BCUT2D eigenvalue weighted by Crippen LogP contribution is -2.00. The topological polar surface area (TPSA) is 35.5 Å². The first-order valence-corrected chi connectivity index (χ1v) is 5.90. The Morgan fingerprint density at radius 3 is 2.33 bits per heavy atom. The first-order chi connectivity index (χ1) is 7.27. The van der Waals surface area contributed by atoms with Crippen LogP contribution in [-0.4, -0.2) is 19.7 Å². The quantitative estimate of drug-likeness (QED) is 0.699. The average molecular weight is 226 g/mol. The normalized spacial score (nSPS) is 10.6. The highest BCUT2D eigenvalue weighted by molar-refractivity contribution is 7.66. The zero-order valence-electron chi connectivity index (χ0n) is 8.97. The Morgan fingerprint density at radius 1 is 1.20 bits per heavy atom. The van der Waals surface area contributed by atoms with Crippen LogP contribution in [0.2, 0.25) is 0 Å². The third-order valence-corrected chi connectivity index (χ3v) is 3.30. The molecule has 0 unspecified atom stereocenters. The largest absolute Gasteiger partial charge is 0.332 e. The number of hydrogen-bond donors (Lipinski definition) is 0. The fourth-order valence-corrected chi connectivity index (χ4v) is 2.12. The van der Waals surface area contributed by atoms with Gasteiger partial charge in [0.1, 0.15) is 0 Å². The minimum atomic E-state index is -1.35. The van der Waals surface area contributed by atoms with Crippen LogP contribution in [0, 0.1) is 0 Å². The first-order valence-electron chi connectivity index (χ1n) is 4.73. The Balaban J connectivity index is 2.40. The molecule has 0 fully saturated rings. The van der Waals surface area contributed by atoms with Gasteiger partial charge in [-0.25, -0.2) is 0 Å². The molecule has 0 aliphatic carbocycles. The first kappa shape index (κ1) is 12.3. The summed E-state index contributed by atoms with van der Waals surface area (Å²) in [5.74, 6) is 0. The van der Waals surface area contributed by atoms with Crippen molar-refractivity contribution in [2.45, 2.75) is 12.8 Å². The SMILES string of the molecule is COP(OC)C(=O)CCc1ccccc1. The van der Waals surface area contributed by atoms with Gasteiger partial charge in [0.15, 0.2) is 0 Å². The van der Waals surface area contributed by atoms with E-state index in [4.69, 9.17) is 9.05 Å². The maximum atomic E-state index is 11.6. The Bertz CT molecular complexity index is 296. The van der Waals surface area contributed by atoms with Gasteiger partial charge in [-0.3, -0.25) is 4.79 Å². The summed E-state index contributed by atoms with van der Waals surface area (Å²) >= 11 is 0. The standard InChI is InChI=1S/C11H15O3P/c1-13-15(14-2)11(12)9-8-10-6-4-3-5-7-10/h3-7H,8-9H2,1-2H3. The number of carbonyl (C=O) groups is 1. The van der Waals surface area contributed by atoms with Crippen LogP contribution in [0.1, 0.15) is 12.0 Å². The predicted octanol–water partition coefficient (Wildman–Crippen LogP) is 2.75. The molecule has 0 aliphatic heterocycles. The van der Waals surface area contributed by atoms with Gasteiger partial charge in [-0.05, 0) is 12.0 Å². The van der Waals surface area contributed by atoms with Gasteiger partial charge in [-0.1, -0.05) is 30.3 Å². The molecule has 0 heterocycles. The van der Waals surface area contributed by atoms with E-state index in [-0.39, 0.29) is 5.52 Å². The van der Waals surface area contributed by atoms with Crippen LogP contribution >= 0.6 is 8.38 Å². The van der Waals surface area contributed by atoms with E-state index in [0.717, 1.165) is 12.0 Å². The maximum Gasteiger partial charge on any atom is 0.242 e. The Morgan fingerprint density at radius 2 is 1.80 bits per heavy atom. The average Bonchev–Trinajstić information content (AvgIpc) is 2.29. The molecular formula is C11H15O3P. The van der Waals surface area contributed by atoms with E-state index in [2.05, 4.69) is 0 Å². The van der Waals surface area contributed by atoms with Crippen molar-refractivity contribution in [3.05, 3.63) is 35.9 Å². The number of hydrogen-bond acceptors (Lipinski definition) is 3. The fraction of sp³-hybridized carbons (Fsp3) is 0.364. The molecule has 82 valence electrons. The molecule has 0 atom stereocenters. The number of aryl methyl sites for hydroxylation is 1. The van der Waals surface area contributed by atoms with E-state index in [1.165, 1.54) is 14.2 Å². The third kappa shape index (κ3) is 4.08. The molecule has 0 bridgehead atoms. The predicted molar refractivity (Wildman–Crippen MR) is 60.7 cm³/mol. The summed E-state index contributed by atoms with van der Waals surface area (Å²) in [5.41, 5.74) is 1.20. The molecule has 15 heavy (non-hydrogen) atoms. The van der Waals surface area contributed by atoms with E-state index < -0.39 is 8.38 Å². The Hall–Kier alpha value is -0.760. The monoisotopic (exact) mass is 226 g/mol. The highest BCUT2D eigenvalue weighted by atomic mass is 31.2. The molecule has 0 saturated heterocycles. The Labute approximate surface area is 91.3 Å². The lowest BCUT2D eigenvalue weighted by atomic mass is 10.1. The van der Waals surface area contributed by atoms with Gasteiger partial charge in [0, 0.05) is 20.6 Å². The van der Waals surface area contributed by atoms with Gasteiger partial charge >= 0.3 is 0 Å². The summed E-state index contributed by atoms with van der Waals surface area (Å²) in [4.78, 5) is 11.6. The smallest absolute Gasteiger partial charge is 0.242 e. The summed E-state index contributed by atoms with van der Waals surface area (Å²) in [6.07, 6.45) is 1.21. The summed E-state index contributed by atoms with van der Waals surface area (Å²) in [6.45, 7) is 0. The van der Waals surface area contributed by atoms with E-state index in [1.807, 2.05) is 30.3 Å². The molecule has 4 heteroatoms. The second kappa shape index (κ2) is 6.67. The molecule has 3 nitrogen and oxygen atoms in total. The van der Waals surface area contributed by atoms with E-state index in [0.29, 0.717) is 6.42 Å². The minimum Gasteiger partial charge on any atom is -0.332 e. The molecule has 0 saturated carbocycles. The van der Waals surface area contributed by atoms with Crippen molar-refractivity contribution in [2.75, 3.05) is 14.2 Å². The van der Waals surface area contributed by atoms with Crippen LogP contribution in [0.3, 0.4) is 0 Å². The van der Waals surface area contributed by atoms with Crippen molar-refractivity contribution < 1.29 is 13.8 Å². The summed E-state index contributed by atoms with van der Waals surface area (Å²) in [5, 5.41) is 0. The maximum absolute atomic E-state index is 11.6. The van der Waals surface area contributed by atoms with Crippen molar-refractivity contribution in [3.63, 3.8) is 0 Å². The molecule has 1 rings (SSSR count).